The Labute approximate surface area is 120 Å². The number of rotatable bonds is 5. The van der Waals surface area contributed by atoms with E-state index in [1.165, 1.54) is 0 Å². The van der Waals surface area contributed by atoms with Crippen molar-refractivity contribution in [2.45, 2.75) is 44.6 Å². The first-order valence-electron chi connectivity index (χ1n) is 6.47. The van der Waals surface area contributed by atoms with Gasteiger partial charge in [-0.2, -0.15) is 0 Å². The zero-order chi connectivity index (χ0) is 14.7. The molecule has 0 radical (unpaired) electrons. The van der Waals surface area contributed by atoms with Crippen LogP contribution in [-0.2, 0) is 14.6 Å². The number of nitrogens with two attached hydrogens (primary N) is 1. The van der Waals surface area contributed by atoms with E-state index in [1.54, 1.807) is 0 Å². The summed E-state index contributed by atoms with van der Waals surface area (Å²) < 4.78 is 22.3. The van der Waals surface area contributed by atoms with E-state index in [-0.39, 0.29) is 4.99 Å². The number of sulfone groups is 1. The van der Waals surface area contributed by atoms with E-state index in [0.717, 1.165) is 25.5 Å². The van der Waals surface area contributed by atoms with Crippen LogP contribution < -0.4 is 11.1 Å². The van der Waals surface area contributed by atoms with E-state index < -0.39 is 27.0 Å². The van der Waals surface area contributed by atoms with Crippen LogP contribution in [0.5, 0.6) is 0 Å². The molecule has 0 aliphatic heterocycles. The van der Waals surface area contributed by atoms with Gasteiger partial charge in [-0.1, -0.05) is 25.6 Å². The van der Waals surface area contributed by atoms with Gasteiger partial charge < -0.3 is 11.1 Å². The molecule has 0 spiro atoms. The van der Waals surface area contributed by atoms with Gasteiger partial charge in [0.05, 0.1) is 10.5 Å². The molecule has 1 aliphatic carbocycles. The summed E-state index contributed by atoms with van der Waals surface area (Å²) in [4.78, 5) is 12.0. The van der Waals surface area contributed by atoms with Crippen molar-refractivity contribution in [3.8, 4) is 0 Å². The standard InChI is InChI=1S/C12H22N2O3S2/c1-3-9-4-6-12(7-5-9,11(13)18)14-10(15)8-19(2,16)17/h9H,3-8H2,1-2H3,(H2,13,18)(H,14,15). The number of nitrogens with one attached hydrogen (secondary N) is 1. The molecule has 7 heteroatoms. The normalized spacial score (nSPS) is 27.8. The SMILES string of the molecule is CCC1CCC(NC(=O)CS(C)(=O)=O)(C(N)=S)CC1. The van der Waals surface area contributed by atoms with Gasteiger partial charge in [0, 0.05) is 6.26 Å². The Bertz CT molecular complexity index is 452. The van der Waals surface area contributed by atoms with Crippen LogP contribution in [0.2, 0.25) is 0 Å². The van der Waals surface area contributed by atoms with Gasteiger partial charge in [-0.05, 0) is 31.6 Å². The lowest BCUT2D eigenvalue weighted by molar-refractivity contribution is -0.120. The lowest BCUT2D eigenvalue weighted by Gasteiger charge is -2.39. The predicted molar refractivity (Wildman–Crippen MR) is 79.6 cm³/mol. The second kappa shape index (κ2) is 6.17. The van der Waals surface area contributed by atoms with Crippen LogP contribution in [0.3, 0.4) is 0 Å². The van der Waals surface area contributed by atoms with Gasteiger partial charge in [-0.25, -0.2) is 8.42 Å². The van der Waals surface area contributed by atoms with Gasteiger partial charge >= 0.3 is 0 Å². The molecule has 1 amide bonds. The largest absolute Gasteiger partial charge is 0.391 e. The van der Waals surface area contributed by atoms with Crippen molar-refractivity contribution in [2.75, 3.05) is 12.0 Å². The third-order valence-electron chi connectivity index (χ3n) is 3.78. The molecule has 1 rings (SSSR count). The molecule has 0 aromatic rings. The average molecular weight is 306 g/mol. The summed E-state index contributed by atoms with van der Waals surface area (Å²) in [6.45, 7) is 2.14. The minimum atomic E-state index is -3.34. The Hall–Kier alpha value is -0.690. The fraction of sp³-hybridized carbons (Fsp3) is 0.833. The van der Waals surface area contributed by atoms with Crippen molar-refractivity contribution < 1.29 is 13.2 Å². The highest BCUT2D eigenvalue weighted by atomic mass is 32.2. The van der Waals surface area contributed by atoms with E-state index in [1.807, 2.05) is 0 Å². The molecular formula is C12H22N2O3S2. The fourth-order valence-corrected chi connectivity index (χ4v) is 3.36. The fourth-order valence-electron chi connectivity index (χ4n) is 2.55. The Kier molecular flexibility index (Phi) is 5.32. The maximum Gasteiger partial charge on any atom is 0.235 e. The minimum absolute atomic E-state index is 0.254. The zero-order valence-corrected chi connectivity index (χ0v) is 13.1. The molecule has 0 atom stereocenters. The molecule has 1 fully saturated rings. The number of carbonyl (C=O) groups excluding carboxylic acids is 1. The third-order valence-corrected chi connectivity index (χ3v) is 4.96. The van der Waals surface area contributed by atoms with E-state index in [0.29, 0.717) is 18.8 Å². The molecule has 0 aromatic heterocycles. The Morgan fingerprint density at radius 3 is 2.32 bits per heavy atom. The number of hydrogen-bond acceptors (Lipinski definition) is 4. The van der Waals surface area contributed by atoms with Crippen molar-refractivity contribution in [2.24, 2.45) is 11.7 Å². The molecular weight excluding hydrogens is 284 g/mol. The zero-order valence-electron chi connectivity index (χ0n) is 11.4. The van der Waals surface area contributed by atoms with Crippen LogP contribution in [0.15, 0.2) is 0 Å². The summed E-state index contributed by atoms with van der Waals surface area (Å²) >= 11 is 5.08. The number of carbonyl (C=O) groups is 1. The minimum Gasteiger partial charge on any atom is -0.391 e. The molecule has 1 saturated carbocycles. The molecule has 0 saturated heterocycles. The lowest BCUT2D eigenvalue weighted by Crippen LogP contribution is -2.59. The van der Waals surface area contributed by atoms with Crippen LogP contribution in [-0.4, -0.2) is 36.9 Å². The van der Waals surface area contributed by atoms with E-state index >= 15 is 0 Å². The van der Waals surface area contributed by atoms with E-state index in [2.05, 4.69) is 12.2 Å². The van der Waals surface area contributed by atoms with Crippen LogP contribution >= 0.6 is 12.2 Å². The summed E-state index contributed by atoms with van der Waals surface area (Å²) in [5, 5.41) is 2.75. The van der Waals surface area contributed by atoms with Crippen molar-refractivity contribution in [3.63, 3.8) is 0 Å². The molecule has 0 heterocycles. The van der Waals surface area contributed by atoms with Gasteiger partial charge in [0.1, 0.15) is 5.75 Å². The summed E-state index contributed by atoms with van der Waals surface area (Å²) in [7, 11) is -3.34. The lowest BCUT2D eigenvalue weighted by atomic mass is 9.75. The summed E-state index contributed by atoms with van der Waals surface area (Å²) in [6.07, 6.45) is 5.42. The van der Waals surface area contributed by atoms with Crippen LogP contribution in [0.25, 0.3) is 0 Å². The first kappa shape index (κ1) is 16.4. The van der Waals surface area contributed by atoms with E-state index in [9.17, 15) is 13.2 Å². The third kappa shape index (κ3) is 4.72. The second-order valence-corrected chi connectivity index (χ2v) is 8.00. The average Bonchev–Trinajstić information content (AvgIpc) is 2.27. The molecule has 5 nitrogen and oxygen atoms in total. The first-order chi connectivity index (χ1) is 8.68. The smallest absolute Gasteiger partial charge is 0.235 e. The monoisotopic (exact) mass is 306 g/mol. The summed E-state index contributed by atoms with van der Waals surface area (Å²) in [5.41, 5.74) is 5.06. The summed E-state index contributed by atoms with van der Waals surface area (Å²) in [6, 6.07) is 0. The summed E-state index contributed by atoms with van der Waals surface area (Å²) in [5.74, 6) is -0.409. The highest BCUT2D eigenvalue weighted by molar-refractivity contribution is 7.91. The maximum atomic E-state index is 11.8. The van der Waals surface area contributed by atoms with Crippen molar-refractivity contribution in [1.29, 1.82) is 0 Å². The quantitative estimate of drug-likeness (QED) is 0.732. The molecule has 19 heavy (non-hydrogen) atoms. The first-order valence-corrected chi connectivity index (χ1v) is 8.94. The van der Waals surface area contributed by atoms with Gasteiger partial charge in [0.25, 0.3) is 0 Å². The Balaban J connectivity index is 2.74. The molecule has 0 aromatic carbocycles. The van der Waals surface area contributed by atoms with Gasteiger partial charge in [-0.15, -0.1) is 0 Å². The highest BCUT2D eigenvalue weighted by Crippen LogP contribution is 2.34. The van der Waals surface area contributed by atoms with Gasteiger partial charge in [0.15, 0.2) is 9.84 Å². The molecule has 0 bridgehead atoms. The number of thiocarbonyl (C=S) groups is 1. The van der Waals surface area contributed by atoms with E-state index in [4.69, 9.17) is 18.0 Å². The predicted octanol–water partition coefficient (Wildman–Crippen LogP) is 0.772. The molecule has 3 N–H and O–H groups in total. The van der Waals surface area contributed by atoms with Crippen molar-refractivity contribution in [3.05, 3.63) is 0 Å². The molecule has 1 aliphatic rings. The van der Waals surface area contributed by atoms with Crippen LogP contribution in [0.4, 0.5) is 0 Å². The van der Waals surface area contributed by atoms with Gasteiger partial charge in [0.2, 0.25) is 5.91 Å². The topological polar surface area (TPSA) is 89.3 Å². The highest BCUT2D eigenvalue weighted by Gasteiger charge is 2.39. The van der Waals surface area contributed by atoms with Crippen LogP contribution in [0.1, 0.15) is 39.0 Å². The number of amides is 1. The second-order valence-electron chi connectivity index (χ2n) is 5.42. The Morgan fingerprint density at radius 1 is 1.42 bits per heavy atom. The van der Waals surface area contributed by atoms with Crippen molar-refractivity contribution >= 4 is 33.0 Å². The maximum absolute atomic E-state index is 11.8. The number of hydrogen-bond donors (Lipinski definition) is 2. The van der Waals surface area contributed by atoms with Gasteiger partial charge in [-0.3, -0.25) is 4.79 Å². The molecule has 110 valence electrons. The Morgan fingerprint density at radius 2 is 1.95 bits per heavy atom. The molecule has 0 unspecified atom stereocenters. The van der Waals surface area contributed by atoms with Crippen LogP contribution in [0, 0.1) is 5.92 Å². The van der Waals surface area contributed by atoms with Crippen molar-refractivity contribution in [1.82, 2.24) is 5.32 Å².